The highest BCUT2D eigenvalue weighted by Crippen LogP contribution is 2.22. The number of rotatable bonds is 8. The van der Waals surface area contributed by atoms with Crippen LogP contribution in [0.5, 0.6) is 5.75 Å². The van der Waals surface area contributed by atoms with Crippen molar-refractivity contribution in [1.29, 1.82) is 0 Å². The zero-order valence-electron chi connectivity index (χ0n) is 15.7. The van der Waals surface area contributed by atoms with Crippen molar-refractivity contribution >= 4 is 34.0 Å². The third kappa shape index (κ3) is 6.07. The predicted molar refractivity (Wildman–Crippen MR) is 111 cm³/mol. The smallest absolute Gasteiger partial charge is 0.191 e. The molecule has 1 aromatic carbocycles. The number of methoxy groups -OCH3 is 1. The molecule has 1 aromatic heterocycles. The van der Waals surface area contributed by atoms with Crippen LogP contribution in [-0.2, 0) is 13.0 Å². The molecule has 0 amide bonds. The van der Waals surface area contributed by atoms with E-state index in [4.69, 9.17) is 16.3 Å². The monoisotopic (exact) mass is 395 g/mol. The van der Waals surface area contributed by atoms with Crippen molar-refractivity contribution < 1.29 is 4.74 Å². The third-order valence-corrected chi connectivity index (χ3v) is 5.02. The molecule has 26 heavy (non-hydrogen) atoms. The molecule has 0 saturated heterocycles. The Morgan fingerprint density at radius 2 is 2.15 bits per heavy atom. The second kappa shape index (κ2) is 10.2. The second-order valence-corrected chi connectivity index (χ2v) is 7.09. The molecule has 0 unspecified atom stereocenters. The highest BCUT2D eigenvalue weighted by Gasteiger charge is 2.05. The average molecular weight is 396 g/mol. The first-order valence-electron chi connectivity index (χ1n) is 8.49. The summed E-state index contributed by atoms with van der Waals surface area (Å²) in [5.74, 6) is 1.54. The van der Waals surface area contributed by atoms with Gasteiger partial charge in [-0.05, 0) is 31.0 Å². The summed E-state index contributed by atoms with van der Waals surface area (Å²) >= 11 is 7.91. The van der Waals surface area contributed by atoms with Crippen LogP contribution in [0.2, 0.25) is 5.02 Å². The topological polar surface area (TPSA) is 61.8 Å². The average Bonchev–Trinajstić information content (AvgIpc) is 3.10. The highest BCUT2D eigenvalue weighted by molar-refractivity contribution is 7.13. The summed E-state index contributed by atoms with van der Waals surface area (Å²) in [7, 11) is 5.61. The van der Waals surface area contributed by atoms with Gasteiger partial charge in [0.2, 0.25) is 0 Å². The number of nitrogens with one attached hydrogen (secondary N) is 2. The Kier molecular flexibility index (Phi) is 8.00. The number of anilines is 1. The Labute approximate surface area is 164 Å². The van der Waals surface area contributed by atoms with Gasteiger partial charge in [0.1, 0.15) is 5.75 Å². The fourth-order valence-electron chi connectivity index (χ4n) is 2.25. The van der Waals surface area contributed by atoms with Crippen molar-refractivity contribution in [2.24, 2.45) is 4.99 Å². The van der Waals surface area contributed by atoms with Crippen LogP contribution in [0.4, 0.5) is 5.13 Å². The summed E-state index contributed by atoms with van der Waals surface area (Å²) in [6.45, 7) is 4.13. The van der Waals surface area contributed by atoms with E-state index in [9.17, 15) is 0 Å². The van der Waals surface area contributed by atoms with Crippen LogP contribution in [0.15, 0.2) is 28.6 Å². The van der Waals surface area contributed by atoms with E-state index < -0.39 is 0 Å². The maximum Gasteiger partial charge on any atom is 0.191 e. The molecular weight excluding hydrogens is 370 g/mol. The molecule has 0 radical (unpaired) electrons. The lowest BCUT2D eigenvalue weighted by Gasteiger charge is -2.12. The zero-order valence-corrected chi connectivity index (χ0v) is 17.2. The van der Waals surface area contributed by atoms with E-state index in [2.05, 4.69) is 20.6 Å². The molecule has 8 heteroatoms. The minimum Gasteiger partial charge on any atom is -0.497 e. The standard InChI is InChI=1S/C18H26ClN5OS/c1-5-20-17(22-11-14-12-26-18(23-14)24(2)3)21-9-8-13-6-7-15(25-4)10-16(13)19/h6-7,10,12H,5,8-9,11H2,1-4H3,(H2,20,21,22). The first-order valence-corrected chi connectivity index (χ1v) is 9.75. The summed E-state index contributed by atoms with van der Waals surface area (Å²) in [4.78, 5) is 11.2. The Bertz CT molecular complexity index is 732. The van der Waals surface area contributed by atoms with Crippen molar-refractivity contribution in [2.45, 2.75) is 19.9 Å². The first kappa shape index (κ1) is 20.3. The molecule has 2 rings (SSSR count). The quantitative estimate of drug-likeness (QED) is 0.531. The predicted octanol–water partition coefficient (Wildman–Crippen LogP) is 3.17. The Balaban J connectivity index is 1.90. The summed E-state index contributed by atoms with van der Waals surface area (Å²) in [6, 6.07) is 5.75. The number of thiazole rings is 1. The van der Waals surface area contributed by atoms with Gasteiger partial charge in [0, 0.05) is 37.6 Å². The van der Waals surface area contributed by atoms with Gasteiger partial charge in [-0.3, -0.25) is 0 Å². The minimum absolute atomic E-state index is 0.545. The molecule has 0 aliphatic heterocycles. The number of hydrogen-bond donors (Lipinski definition) is 2. The first-order chi connectivity index (χ1) is 12.5. The van der Waals surface area contributed by atoms with Crippen molar-refractivity contribution in [2.75, 3.05) is 39.2 Å². The Hall–Kier alpha value is -1.99. The summed E-state index contributed by atoms with van der Waals surface area (Å²) < 4.78 is 5.18. The lowest BCUT2D eigenvalue weighted by Crippen LogP contribution is -2.38. The summed E-state index contributed by atoms with van der Waals surface area (Å²) in [5, 5.41) is 10.3. The van der Waals surface area contributed by atoms with Crippen LogP contribution in [-0.4, -0.2) is 45.2 Å². The van der Waals surface area contributed by atoms with Gasteiger partial charge in [0.25, 0.3) is 0 Å². The third-order valence-electron chi connectivity index (χ3n) is 3.61. The van der Waals surface area contributed by atoms with Crippen LogP contribution in [0, 0.1) is 0 Å². The number of guanidine groups is 1. The normalized spacial score (nSPS) is 11.3. The molecule has 0 spiro atoms. The van der Waals surface area contributed by atoms with Crippen molar-refractivity contribution in [1.82, 2.24) is 15.6 Å². The zero-order chi connectivity index (χ0) is 18.9. The van der Waals surface area contributed by atoms with Crippen LogP contribution in [0.3, 0.4) is 0 Å². The number of hydrogen-bond acceptors (Lipinski definition) is 5. The fraction of sp³-hybridized carbons (Fsp3) is 0.444. The summed E-state index contributed by atoms with van der Waals surface area (Å²) in [6.07, 6.45) is 0.800. The van der Waals surface area contributed by atoms with E-state index in [-0.39, 0.29) is 0 Å². The molecule has 2 N–H and O–H groups in total. The summed E-state index contributed by atoms with van der Waals surface area (Å²) in [5.41, 5.74) is 2.04. The van der Waals surface area contributed by atoms with Crippen molar-refractivity contribution in [3.8, 4) is 5.75 Å². The maximum absolute atomic E-state index is 6.29. The molecular formula is C18H26ClN5OS. The lowest BCUT2D eigenvalue weighted by molar-refractivity contribution is 0.414. The van der Waals surface area contributed by atoms with E-state index in [0.717, 1.165) is 47.6 Å². The second-order valence-electron chi connectivity index (χ2n) is 5.85. The van der Waals surface area contributed by atoms with Gasteiger partial charge in [-0.1, -0.05) is 17.7 Å². The number of nitrogens with zero attached hydrogens (tertiary/aromatic N) is 3. The number of aromatic nitrogens is 1. The fourth-order valence-corrected chi connectivity index (χ4v) is 3.26. The SMILES string of the molecule is CCNC(=NCc1csc(N(C)C)n1)NCCc1ccc(OC)cc1Cl. The van der Waals surface area contributed by atoms with E-state index in [1.165, 1.54) is 0 Å². The Morgan fingerprint density at radius 1 is 1.35 bits per heavy atom. The number of aliphatic imine (C=N–C) groups is 1. The van der Waals surface area contributed by atoms with Gasteiger partial charge in [0.05, 0.1) is 19.3 Å². The minimum atomic E-state index is 0.545. The number of halogens is 1. The molecule has 2 aromatic rings. The molecule has 0 aliphatic rings. The molecule has 0 aliphatic carbocycles. The number of benzene rings is 1. The van der Waals surface area contributed by atoms with Crippen LogP contribution >= 0.6 is 22.9 Å². The van der Waals surface area contributed by atoms with E-state index in [1.54, 1.807) is 18.4 Å². The van der Waals surface area contributed by atoms with Gasteiger partial charge in [-0.2, -0.15) is 0 Å². The molecule has 6 nitrogen and oxygen atoms in total. The molecule has 0 atom stereocenters. The number of ether oxygens (including phenoxy) is 1. The molecule has 0 fully saturated rings. The molecule has 142 valence electrons. The van der Waals surface area contributed by atoms with Crippen LogP contribution in [0.1, 0.15) is 18.2 Å². The molecule has 1 heterocycles. The lowest BCUT2D eigenvalue weighted by atomic mass is 10.1. The van der Waals surface area contributed by atoms with Crippen molar-refractivity contribution in [3.63, 3.8) is 0 Å². The van der Waals surface area contributed by atoms with Gasteiger partial charge >= 0.3 is 0 Å². The largest absolute Gasteiger partial charge is 0.497 e. The Morgan fingerprint density at radius 3 is 2.77 bits per heavy atom. The highest BCUT2D eigenvalue weighted by atomic mass is 35.5. The van der Waals surface area contributed by atoms with Crippen molar-refractivity contribution in [3.05, 3.63) is 39.9 Å². The van der Waals surface area contributed by atoms with Gasteiger partial charge < -0.3 is 20.3 Å². The van der Waals surface area contributed by atoms with Crippen LogP contribution in [0.25, 0.3) is 0 Å². The molecule has 0 bridgehead atoms. The van der Waals surface area contributed by atoms with Gasteiger partial charge in [-0.15, -0.1) is 11.3 Å². The van der Waals surface area contributed by atoms with E-state index in [1.807, 2.05) is 49.5 Å². The molecule has 0 saturated carbocycles. The van der Waals surface area contributed by atoms with E-state index in [0.29, 0.717) is 11.6 Å². The maximum atomic E-state index is 6.29. The van der Waals surface area contributed by atoms with E-state index >= 15 is 0 Å². The van der Waals surface area contributed by atoms with Crippen LogP contribution < -0.4 is 20.3 Å². The van der Waals surface area contributed by atoms with Gasteiger partial charge in [0.15, 0.2) is 11.1 Å². The van der Waals surface area contributed by atoms with Gasteiger partial charge in [-0.25, -0.2) is 9.98 Å².